The molecule has 0 aliphatic heterocycles. The summed E-state index contributed by atoms with van der Waals surface area (Å²) in [6.45, 7) is 2.99. The number of carbonyl (C=O) groups excluding carboxylic acids is 1. The highest BCUT2D eigenvalue weighted by molar-refractivity contribution is 6.30. The maximum Gasteiger partial charge on any atom is 0.269 e. The predicted molar refractivity (Wildman–Crippen MR) is 136 cm³/mol. The Labute approximate surface area is 205 Å². The molecule has 2 heterocycles. The molecule has 0 atom stereocenters. The molecule has 1 aromatic carbocycles. The first-order valence-electron chi connectivity index (χ1n) is 10.2. The molecule has 0 saturated carbocycles. The minimum Gasteiger partial charge on any atom is -0.351 e. The van der Waals surface area contributed by atoms with Crippen molar-refractivity contribution in [2.75, 3.05) is 18.4 Å². The third kappa shape index (κ3) is 10.1. The van der Waals surface area contributed by atoms with Crippen LogP contribution in [-0.4, -0.2) is 40.1 Å². The number of nitrogens with two attached hydrogens (primary N) is 3. The Hall–Kier alpha value is -2.82. The van der Waals surface area contributed by atoms with Crippen molar-refractivity contribution >= 4 is 41.6 Å². The zero-order valence-corrected chi connectivity index (χ0v) is 19.9. The fourth-order valence-electron chi connectivity index (χ4n) is 2.38. The number of rotatable bonds is 8. The van der Waals surface area contributed by atoms with Gasteiger partial charge in [0.15, 0.2) is 0 Å². The second kappa shape index (κ2) is 15.1. The van der Waals surface area contributed by atoms with Crippen LogP contribution in [0.3, 0.4) is 0 Å². The second-order valence-corrected chi connectivity index (χ2v) is 7.24. The van der Waals surface area contributed by atoms with Gasteiger partial charge in [0.25, 0.3) is 5.91 Å². The molecule has 0 saturated heterocycles. The predicted octanol–water partition coefficient (Wildman–Crippen LogP) is 3.08. The van der Waals surface area contributed by atoms with Crippen molar-refractivity contribution in [2.45, 2.75) is 25.9 Å². The van der Waals surface area contributed by atoms with Crippen molar-refractivity contribution < 1.29 is 4.79 Å². The molecule has 11 heteroatoms. The minimum atomic E-state index is -0.239. The van der Waals surface area contributed by atoms with Crippen LogP contribution in [0.25, 0.3) is 11.3 Å². The molecule has 33 heavy (non-hydrogen) atoms. The number of pyridine rings is 1. The largest absolute Gasteiger partial charge is 0.351 e. The van der Waals surface area contributed by atoms with Crippen LogP contribution in [-0.2, 0) is 0 Å². The van der Waals surface area contributed by atoms with Crippen molar-refractivity contribution in [1.29, 1.82) is 0 Å². The molecule has 0 bridgehead atoms. The Morgan fingerprint density at radius 1 is 1.12 bits per heavy atom. The Morgan fingerprint density at radius 2 is 1.85 bits per heavy atom. The zero-order valence-electron chi connectivity index (χ0n) is 18.4. The van der Waals surface area contributed by atoms with E-state index in [1.54, 1.807) is 42.7 Å². The summed E-state index contributed by atoms with van der Waals surface area (Å²) in [4.78, 5) is 25.0. The SMILES string of the molecule is CCC(N)N.Cl.NCCCNC(=O)c1cc(-c2ccnc(Nc3cccc(Cl)c3)n2)ccn1. The Morgan fingerprint density at radius 3 is 2.52 bits per heavy atom. The monoisotopic (exact) mass is 492 g/mol. The lowest BCUT2D eigenvalue weighted by Crippen LogP contribution is -2.28. The quantitative estimate of drug-likeness (QED) is 0.237. The van der Waals surface area contributed by atoms with E-state index in [-0.39, 0.29) is 24.5 Å². The smallest absolute Gasteiger partial charge is 0.269 e. The van der Waals surface area contributed by atoms with Crippen LogP contribution in [0.2, 0.25) is 5.02 Å². The summed E-state index contributed by atoms with van der Waals surface area (Å²) < 4.78 is 0. The van der Waals surface area contributed by atoms with Gasteiger partial charge < -0.3 is 27.8 Å². The standard InChI is InChI=1S/C19H19ClN6O.C3H10N2.ClH/c20-14-3-1-4-15(12-14)25-19-24-10-6-16(26-19)13-5-9-22-17(11-13)18(27)23-8-2-7-21;1-2-3(4)5;/h1,3-6,9-12H,2,7-8,21H2,(H,23,27)(H,24,25,26);3H,2,4-5H2,1H3;1H. The molecular formula is C22H30Cl2N8O. The van der Waals surface area contributed by atoms with Gasteiger partial charge in [-0.25, -0.2) is 9.97 Å². The fraction of sp³-hybridized carbons (Fsp3) is 0.273. The number of nitrogens with zero attached hydrogens (tertiary/aromatic N) is 3. The van der Waals surface area contributed by atoms with E-state index in [1.807, 2.05) is 19.1 Å². The van der Waals surface area contributed by atoms with Crippen LogP contribution in [0.4, 0.5) is 11.6 Å². The Bertz CT molecular complexity index is 1000. The van der Waals surface area contributed by atoms with Crippen LogP contribution in [0, 0.1) is 0 Å². The summed E-state index contributed by atoms with van der Waals surface area (Å²) in [6, 6.07) is 12.6. The number of nitrogens with one attached hydrogen (secondary N) is 2. The number of carbonyl (C=O) groups is 1. The number of hydrogen-bond acceptors (Lipinski definition) is 8. The van der Waals surface area contributed by atoms with E-state index < -0.39 is 0 Å². The number of anilines is 2. The lowest BCUT2D eigenvalue weighted by Gasteiger charge is -2.08. The second-order valence-electron chi connectivity index (χ2n) is 6.80. The first-order chi connectivity index (χ1) is 15.4. The molecule has 0 aliphatic rings. The number of amides is 1. The number of halogens is 2. The number of benzene rings is 1. The van der Waals surface area contributed by atoms with Crippen LogP contribution in [0.5, 0.6) is 0 Å². The van der Waals surface area contributed by atoms with Gasteiger partial charge in [-0.3, -0.25) is 9.78 Å². The average Bonchev–Trinajstić information content (AvgIpc) is 2.80. The fourth-order valence-corrected chi connectivity index (χ4v) is 2.57. The van der Waals surface area contributed by atoms with Gasteiger partial charge >= 0.3 is 0 Å². The number of hydrogen-bond donors (Lipinski definition) is 5. The molecule has 178 valence electrons. The highest BCUT2D eigenvalue weighted by Gasteiger charge is 2.10. The van der Waals surface area contributed by atoms with Gasteiger partial charge in [-0.15, -0.1) is 12.4 Å². The van der Waals surface area contributed by atoms with Gasteiger partial charge in [-0.1, -0.05) is 24.6 Å². The summed E-state index contributed by atoms with van der Waals surface area (Å²) >= 11 is 6.00. The van der Waals surface area contributed by atoms with E-state index in [0.717, 1.165) is 24.1 Å². The van der Waals surface area contributed by atoms with Crippen molar-refractivity contribution in [3.05, 3.63) is 65.6 Å². The van der Waals surface area contributed by atoms with Gasteiger partial charge in [0.2, 0.25) is 5.95 Å². The highest BCUT2D eigenvalue weighted by atomic mass is 35.5. The molecular weight excluding hydrogens is 463 g/mol. The lowest BCUT2D eigenvalue weighted by atomic mass is 10.1. The molecule has 8 N–H and O–H groups in total. The summed E-state index contributed by atoms with van der Waals surface area (Å²) in [5.74, 6) is 0.192. The summed E-state index contributed by atoms with van der Waals surface area (Å²) in [6.07, 6.45) is 4.70. The minimum absolute atomic E-state index is 0. The summed E-state index contributed by atoms with van der Waals surface area (Å²) in [5, 5.41) is 6.52. The highest BCUT2D eigenvalue weighted by Crippen LogP contribution is 2.21. The van der Waals surface area contributed by atoms with Crippen molar-refractivity contribution in [3.63, 3.8) is 0 Å². The van der Waals surface area contributed by atoms with Gasteiger partial charge in [0.1, 0.15) is 5.69 Å². The van der Waals surface area contributed by atoms with Gasteiger partial charge in [-0.05, 0) is 55.8 Å². The molecule has 9 nitrogen and oxygen atoms in total. The van der Waals surface area contributed by atoms with E-state index in [2.05, 4.69) is 25.6 Å². The molecule has 3 rings (SSSR count). The van der Waals surface area contributed by atoms with E-state index in [1.165, 1.54) is 0 Å². The van der Waals surface area contributed by atoms with Gasteiger partial charge in [0, 0.05) is 35.2 Å². The Balaban J connectivity index is 0.000000821. The third-order valence-corrected chi connectivity index (χ3v) is 4.40. The van der Waals surface area contributed by atoms with Crippen LogP contribution in [0.1, 0.15) is 30.3 Å². The van der Waals surface area contributed by atoms with Crippen molar-refractivity contribution in [2.24, 2.45) is 17.2 Å². The lowest BCUT2D eigenvalue weighted by molar-refractivity contribution is 0.0948. The zero-order chi connectivity index (χ0) is 23.3. The molecule has 1 amide bonds. The Kier molecular flexibility index (Phi) is 12.9. The summed E-state index contributed by atoms with van der Waals surface area (Å²) in [5.41, 5.74) is 18.1. The molecule has 2 aromatic heterocycles. The van der Waals surface area contributed by atoms with Gasteiger partial charge in [0.05, 0.1) is 11.9 Å². The third-order valence-electron chi connectivity index (χ3n) is 4.16. The van der Waals surface area contributed by atoms with E-state index in [4.69, 9.17) is 28.8 Å². The van der Waals surface area contributed by atoms with Crippen LogP contribution in [0.15, 0.2) is 54.9 Å². The molecule has 0 fully saturated rings. The van der Waals surface area contributed by atoms with E-state index in [0.29, 0.717) is 35.4 Å². The first kappa shape index (κ1) is 28.2. The molecule has 0 radical (unpaired) electrons. The maximum absolute atomic E-state index is 12.2. The van der Waals surface area contributed by atoms with E-state index in [9.17, 15) is 4.79 Å². The normalized spacial score (nSPS) is 10.0. The molecule has 0 unspecified atom stereocenters. The van der Waals surface area contributed by atoms with Crippen molar-refractivity contribution in [3.8, 4) is 11.3 Å². The summed E-state index contributed by atoms with van der Waals surface area (Å²) in [7, 11) is 0. The topological polar surface area (TPSA) is 158 Å². The van der Waals surface area contributed by atoms with Crippen LogP contribution >= 0.6 is 24.0 Å². The average molecular weight is 493 g/mol. The number of aromatic nitrogens is 3. The van der Waals surface area contributed by atoms with Crippen molar-refractivity contribution in [1.82, 2.24) is 20.3 Å². The van der Waals surface area contributed by atoms with E-state index >= 15 is 0 Å². The first-order valence-corrected chi connectivity index (χ1v) is 10.6. The van der Waals surface area contributed by atoms with Gasteiger partial charge in [-0.2, -0.15) is 0 Å². The molecule has 0 aliphatic carbocycles. The molecule has 0 spiro atoms. The molecule has 3 aromatic rings. The van der Waals surface area contributed by atoms with Crippen LogP contribution < -0.4 is 27.8 Å². The maximum atomic E-state index is 12.2.